The lowest BCUT2D eigenvalue weighted by Crippen LogP contribution is -2.16. The van der Waals surface area contributed by atoms with E-state index in [9.17, 15) is 4.79 Å². The molecule has 6 heteroatoms. The number of thiazole rings is 1. The van der Waals surface area contributed by atoms with Crippen molar-refractivity contribution in [2.24, 2.45) is 4.99 Å². The molecule has 0 saturated heterocycles. The van der Waals surface area contributed by atoms with Crippen molar-refractivity contribution in [3.05, 3.63) is 51.8 Å². The first-order valence-corrected chi connectivity index (χ1v) is 9.43. The summed E-state index contributed by atoms with van der Waals surface area (Å²) in [5, 5.41) is 0. The first-order chi connectivity index (χ1) is 12.5. The van der Waals surface area contributed by atoms with E-state index in [2.05, 4.69) is 42.5 Å². The van der Waals surface area contributed by atoms with Crippen LogP contribution >= 0.6 is 11.3 Å². The third-order valence-electron chi connectivity index (χ3n) is 4.44. The molecule has 0 saturated carbocycles. The number of benzene rings is 2. The summed E-state index contributed by atoms with van der Waals surface area (Å²) in [6, 6.07) is 9.89. The van der Waals surface area contributed by atoms with Crippen molar-refractivity contribution < 1.29 is 14.3 Å². The van der Waals surface area contributed by atoms with E-state index < -0.39 is 0 Å². The van der Waals surface area contributed by atoms with Crippen LogP contribution in [0, 0.1) is 13.8 Å². The Morgan fingerprint density at radius 1 is 1.19 bits per heavy atom. The normalized spacial score (nSPS) is 13.6. The van der Waals surface area contributed by atoms with Crippen LogP contribution in [0.3, 0.4) is 0 Å². The first kappa shape index (κ1) is 16.8. The van der Waals surface area contributed by atoms with Crippen LogP contribution in [0.25, 0.3) is 10.2 Å². The molecule has 3 aromatic rings. The number of aromatic nitrogens is 1. The van der Waals surface area contributed by atoms with Gasteiger partial charge in [0, 0.05) is 6.54 Å². The summed E-state index contributed by atoms with van der Waals surface area (Å²) in [6.45, 7) is 7.27. The first-order valence-electron chi connectivity index (χ1n) is 8.62. The largest absolute Gasteiger partial charge is 0.454 e. The van der Waals surface area contributed by atoms with Gasteiger partial charge in [-0.15, -0.1) is 0 Å². The maximum absolute atomic E-state index is 12.5. The lowest BCUT2D eigenvalue weighted by molar-refractivity contribution is -0.117. The maximum atomic E-state index is 12.5. The second kappa shape index (κ2) is 6.61. The zero-order valence-corrected chi connectivity index (χ0v) is 15.9. The smallest absolute Gasteiger partial charge is 0.252 e. The Labute approximate surface area is 155 Å². The molecular weight excluding hydrogens is 348 g/mol. The third kappa shape index (κ3) is 3.01. The minimum Gasteiger partial charge on any atom is -0.454 e. The monoisotopic (exact) mass is 368 g/mol. The molecule has 1 aliphatic heterocycles. The number of hydrogen-bond acceptors (Lipinski definition) is 4. The minimum absolute atomic E-state index is 0.160. The van der Waals surface area contributed by atoms with E-state index in [-0.39, 0.29) is 19.1 Å². The van der Waals surface area contributed by atoms with Gasteiger partial charge in [-0.25, -0.2) is 0 Å². The molecule has 2 aromatic carbocycles. The molecule has 0 spiro atoms. The molecule has 0 fully saturated rings. The van der Waals surface area contributed by atoms with E-state index in [1.165, 1.54) is 15.8 Å². The van der Waals surface area contributed by atoms with Crippen LogP contribution in [-0.2, 0) is 17.8 Å². The van der Waals surface area contributed by atoms with E-state index in [0.29, 0.717) is 5.75 Å². The van der Waals surface area contributed by atoms with Crippen molar-refractivity contribution in [3.63, 3.8) is 0 Å². The van der Waals surface area contributed by atoms with Crippen molar-refractivity contribution in [3.8, 4) is 11.5 Å². The van der Waals surface area contributed by atoms with Gasteiger partial charge in [0.05, 0.1) is 16.6 Å². The number of carbonyl (C=O) groups is 1. The molecule has 26 heavy (non-hydrogen) atoms. The maximum Gasteiger partial charge on any atom is 0.252 e. The van der Waals surface area contributed by atoms with Crippen LogP contribution in [0.1, 0.15) is 23.6 Å². The molecule has 0 radical (unpaired) electrons. The Hall–Kier alpha value is -2.60. The molecule has 134 valence electrons. The van der Waals surface area contributed by atoms with Gasteiger partial charge in [0.25, 0.3) is 5.91 Å². The summed E-state index contributed by atoms with van der Waals surface area (Å²) >= 11 is 1.57. The summed E-state index contributed by atoms with van der Waals surface area (Å²) in [5.74, 6) is 1.25. The average Bonchev–Trinajstić information content (AvgIpc) is 3.18. The predicted octanol–water partition coefficient (Wildman–Crippen LogP) is 3.74. The molecule has 1 aliphatic rings. The Morgan fingerprint density at radius 3 is 2.81 bits per heavy atom. The van der Waals surface area contributed by atoms with Crippen molar-refractivity contribution in [1.82, 2.24) is 4.57 Å². The van der Waals surface area contributed by atoms with Crippen LogP contribution in [0.2, 0.25) is 0 Å². The predicted molar refractivity (Wildman–Crippen MR) is 102 cm³/mol. The molecule has 4 rings (SSSR count). The summed E-state index contributed by atoms with van der Waals surface area (Å²) in [7, 11) is 0. The Balaban J connectivity index is 1.69. The molecule has 5 nitrogen and oxygen atoms in total. The van der Waals surface area contributed by atoms with Gasteiger partial charge in [0.15, 0.2) is 16.3 Å². The fraction of sp³-hybridized carbons (Fsp3) is 0.300. The molecule has 0 unspecified atom stereocenters. The zero-order chi connectivity index (χ0) is 18.3. The summed E-state index contributed by atoms with van der Waals surface area (Å²) in [4.78, 5) is 17.7. The highest BCUT2D eigenvalue weighted by atomic mass is 32.1. The zero-order valence-electron chi connectivity index (χ0n) is 15.0. The Morgan fingerprint density at radius 2 is 2.00 bits per heavy atom. The number of aryl methyl sites for hydroxylation is 3. The molecule has 2 heterocycles. The van der Waals surface area contributed by atoms with Crippen LogP contribution < -0.4 is 14.3 Å². The second-order valence-corrected chi connectivity index (χ2v) is 7.41. The van der Waals surface area contributed by atoms with E-state index >= 15 is 0 Å². The summed E-state index contributed by atoms with van der Waals surface area (Å²) in [5.41, 5.74) is 4.45. The summed E-state index contributed by atoms with van der Waals surface area (Å²) in [6.07, 6.45) is 0.243. The van der Waals surface area contributed by atoms with Gasteiger partial charge in [-0.3, -0.25) is 4.79 Å². The van der Waals surface area contributed by atoms with Crippen LogP contribution in [-0.4, -0.2) is 17.3 Å². The van der Waals surface area contributed by atoms with Crippen molar-refractivity contribution >= 4 is 27.5 Å². The molecular formula is C20H20N2O3S. The number of ether oxygens (including phenoxy) is 2. The van der Waals surface area contributed by atoms with Crippen molar-refractivity contribution in [2.45, 2.75) is 33.7 Å². The van der Waals surface area contributed by atoms with E-state index in [1.54, 1.807) is 11.3 Å². The third-order valence-corrected chi connectivity index (χ3v) is 5.67. The van der Waals surface area contributed by atoms with Gasteiger partial charge in [-0.05, 0) is 55.7 Å². The van der Waals surface area contributed by atoms with Crippen LogP contribution in [0.4, 0.5) is 0 Å². The van der Waals surface area contributed by atoms with Crippen molar-refractivity contribution in [2.75, 3.05) is 6.79 Å². The highest BCUT2D eigenvalue weighted by Gasteiger charge is 2.15. The van der Waals surface area contributed by atoms with Gasteiger partial charge < -0.3 is 14.0 Å². The molecule has 0 bridgehead atoms. The molecule has 1 amide bonds. The van der Waals surface area contributed by atoms with Gasteiger partial charge in [0.1, 0.15) is 0 Å². The molecule has 1 aromatic heterocycles. The number of amides is 1. The van der Waals surface area contributed by atoms with E-state index in [1.807, 2.05) is 18.2 Å². The summed E-state index contributed by atoms with van der Waals surface area (Å²) < 4.78 is 14.0. The van der Waals surface area contributed by atoms with E-state index in [0.717, 1.165) is 28.2 Å². The number of nitrogens with zero attached hydrogens (tertiary/aromatic N) is 2. The fourth-order valence-corrected chi connectivity index (χ4v) is 4.44. The number of hydrogen-bond donors (Lipinski definition) is 0. The minimum atomic E-state index is -0.160. The van der Waals surface area contributed by atoms with Gasteiger partial charge in [0.2, 0.25) is 6.79 Å². The van der Waals surface area contributed by atoms with Gasteiger partial charge in [-0.2, -0.15) is 4.99 Å². The lowest BCUT2D eigenvalue weighted by Gasteiger charge is -2.03. The standard InChI is InChI=1S/C20H20N2O3S/c1-4-22-15-8-12(2)7-13(3)19(15)26-20(22)21-18(23)10-14-5-6-16-17(9-14)25-11-24-16/h5-9H,4,10-11H2,1-3H3. The Bertz CT molecular complexity index is 1080. The Kier molecular flexibility index (Phi) is 4.28. The SMILES string of the molecule is CCn1c(=NC(=O)Cc2ccc3c(c2)OCO3)sc2c(C)cc(C)cc21. The van der Waals surface area contributed by atoms with Gasteiger partial charge >= 0.3 is 0 Å². The van der Waals surface area contributed by atoms with E-state index in [4.69, 9.17) is 9.47 Å². The topological polar surface area (TPSA) is 52.8 Å². The van der Waals surface area contributed by atoms with Crippen molar-refractivity contribution in [1.29, 1.82) is 0 Å². The molecule has 0 atom stereocenters. The second-order valence-electron chi connectivity index (χ2n) is 6.43. The highest BCUT2D eigenvalue weighted by molar-refractivity contribution is 7.16. The van der Waals surface area contributed by atoms with Crippen LogP contribution in [0.5, 0.6) is 11.5 Å². The fourth-order valence-electron chi connectivity index (χ4n) is 3.28. The highest BCUT2D eigenvalue weighted by Crippen LogP contribution is 2.32. The number of rotatable bonds is 3. The number of carbonyl (C=O) groups excluding carboxylic acids is 1. The average molecular weight is 368 g/mol. The quantitative estimate of drug-likeness (QED) is 0.708. The molecule has 0 aliphatic carbocycles. The van der Waals surface area contributed by atoms with Gasteiger partial charge in [-0.1, -0.05) is 23.5 Å². The lowest BCUT2D eigenvalue weighted by atomic mass is 10.1. The van der Waals surface area contributed by atoms with Crippen LogP contribution in [0.15, 0.2) is 35.3 Å². The molecule has 0 N–H and O–H groups in total. The number of fused-ring (bicyclic) bond motifs is 2.